The molecule has 1 fully saturated rings. The second kappa shape index (κ2) is 9.01. The number of hydrogen-bond donors (Lipinski definition) is 1. The third-order valence-electron chi connectivity index (χ3n) is 4.16. The molecule has 0 bridgehead atoms. The van der Waals surface area contributed by atoms with E-state index in [0.29, 0.717) is 24.9 Å². The Morgan fingerprint density at radius 1 is 1.04 bits per heavy atom. The number of carbonyl (C=O) groups is 1. The van der Waals surface area contributed by atoms with E-state index < -0.39 is 0 Å². The van der Waals surface area contributed by atoms with Crippen LogP contribution < -0.4 is 5.32 Å². The molecule has 0 saturated carbocycles. The van der Waals surface area contributed by atoms with Crippen molar-refractivity contribution in [2.75, 3.05) is 24.3 Å². The highest BCUT2D eigenvalue weighted by atomic mass is 32.2. The van der Waals surface area contributed by atoms with Crippen LogP contribution in [-0.4, -0.2) is 45.9 Å². The van der Waals surface area contributed by atoms with Crippen molar-refractivity contribution in [2.45, 2.75) is 18.0 Å². The molecule has 7 nitrogen and oxygen atoms in total. The standard InChI is InChI=1S/C20H20N4O3S/c25-17(21-16-9-5-2-6-10-16)14-28-20-23-22-19(15-7-3-1-4-8-15)24(20)13-18-26-11-12-27-18/h1-10,18H,11-14H2,(H,21,25). The van der Waals surface area contributed by atoms with Crippen LogP contribution >= 0.6 is 11.8 Å². The third kappa shape index (κ3) is 4.59. The van der Waals surface area contributed by atoms with E-state index in [2.05, 4.69) is 15.5 Å². The van der Waals surface area contributed by atoms with Crippen molar-refractivity contribution >= 4 is 23.4 Å². The number of hydrogen-bond acceptors (Lipinski definition) is 6. The number of nitrogens with zero attached hydrogens (tertiary/aromatic N) is 3. The summed E-state index contributed by atoms with van der Waals surface area (Å²) in [5, 5.41) is 12.2. The molecule has 1 aliphatic heterocycles. The molecule has 1 aromatic heterocycles. The molecule has 0 aliphatic carbocycles. The van der Waals surface area contributed by atoms with Gasteiger partial charge in [-0.15, -0.1) is 10.2 Å². The molecule has 2 aromatic carbocycles. The summed E-state index contributed by atoms with van der Waals surface area (Å²) >= 11 is 1.34. The van der Waals surface area contributed by atoms with Gasteiger partial charge in [-0.2, -0.15) is 0 Å². The van der Waals surface area contributed by atoms with E-state index in [1.54, 1.807) is 0 Å². The summed E-state index contributed by atoms with van der Waals surface area (Å²) < 4.78 is 13.1. The van der Waals surface area contributed by atoms with Crippen LogP contribution in [0.2, 0.25) is 0 Å². The highest BCUT2D eigenvalue weighted by Gasteiger charge is 2.22. The fourth-order valence-corrected chi connectivity index (χ4v) is 3.62. The third-order valence-corrected chi connectivity index (χ3v) is 5.13. The van der Waals surface area contributed by atoms with Gasteiger partial charge in [-0.1, -0.05) is 60.3 Å². The predicted octanol–water partition coefficient (Wildman–Crippen LogP) is 3.05. The monoisotopic (exact) mass is 396 g/mol. The number of rotatable bonds is 7. The lowest BCUT2D eigenvalue weighted by Gasteiger charge is -2.14. The van der Waals surface area contributed by atoms with Gasteiger partial charge in [-0.3, -0.25) is 9.36 Å². The highest BCUT2D eigenvalue weighted by molar-refractivity contribution is 7.99. The summed E-state index contributed by atoms with van der Waals surface area (Å²) in [5.74, 6) is 0.861. The number of amides is 1. The second-order valence-electron chi connectivity index (χ2n) is 6.16. The van der Waals surface area contributed by atoms with Crippen molar-refractivity contribution in [1.29, 1.82) is 0 Å². The molecule has 0 radical (unpaired) electrons. The molecule has 0 spiro atoms. The number of ether oxygens (including phenoxy) is 2. The zero-order valence-corrected chi connectivity index (χ0v) is 16.0. The molecule has 1 amide bonds. The van der Waals surface area contributed by atoms with Gasteiger partial charge in [-0.05, 0) is 12.1 Å². The van der Waals surface area contributed by atoms with Gasteiger partial charge in [0, 0.05) is 11.3 Å². The van der Waals surface area contributed by atoms with Crippen LogP contribution in [0.5, 0.6) is 0 Å². The highest BCUT2D eigenvalue weighted by Crippen LogP contribution is 2.25. The van der Waals surface area contributed by atoms with Crippen LogP contribution in [0.4, 0.5) is 5.69 Å². The number of nitrogens with one attached hydrogen (secondary N) is 1. The first-order valence-corrected chi connectivity index (χ1v) is 9.98. The van der Waals surface area contributed by atoms with Gasteiger partial charge in [0.15, 0.2) is 17.3 Å². The van der Waals surface area contributed by atoms with Crippen molar-refractivity contribution < 1.29 is 14.3 Å². The van der Waals surface area contributed by atoms with Crippen molar-refractivity contribution in [3.63, 3.8) is 0 Å². The van der Waals surface area contributed by atoms with E-state index in [4.69, 9.17) is 9.47 Å². The molecule has 8 heteroatoms. The van der Waals surface area contributed by atoms with E-state index in [9.17, 15) is 4.79 Å². The number of carbonyl (C=O) groups excluding carboxylic acids is 1. The summed E-state index contributed by atoms with van der Waals surface area (Å²) in [4.78, 5) is 12.3. The zero-order valence-electron chi connectivity index (χ0n) is 15.2. The molecular weight excluding hydrogens is 376 g/mol. The maximum absolute atomic E-state index is 12.3. The Morgan fingerprint density at radius 2 is 1.71 bits per heavy atom. The first-order chi connectivity index (χ1) is 13.8. The van der Waals surface area contributed by atoms with Gasteiger partial charge in [0.2, 0.25) is 5.91 Å². The normalized spacial score (nSPS) is 14.3. The molecule has 1 aliphatic rings. The molecule has 1 saturated heterocycles. The van der Waals surface area contributed by atoms with Crippen LogP contribution in [0.15, 0.2) is 65.8 Å². The van der Waals surface area contributed by atoms with Crippen molar-refractivity contribution in [3.8, 4) is 11.4 Å². The second-order valence-corrected chi connectivity index (χ2v) is 7.10. The molecule has 0 unspecified atom stereocenters. The van der Waals surface area contributed by atoms with E-state index >= 15 is 0 Å². The lowest BCUT2D eigenvalue weighted by molar-refractivity contribution is -0.113. The maximum atomic E-state index is 12.3. The Labute approximate surface area is 167 Å². The average Bonchev–Trinajstić information content (AvgIpc) is 3.38. The smallest absolute Gasteiger partial charge is 0.234 e. The molecule has 28 heavy (non-hydrogen) atoms. The minimum Gasteiger partial charge on any atom is -0.348 e. The minimum atomic E-state index is -0.337. The van der Waals surface area contributed by atoms with E-state index in [-0.39, 0.29) is 18.0 Å². The van der Waals surface area contributed by atoms with Gasteiger partial charge < -0.3 is 14.8 Å². The Balaban J connectivity index is 1.49. The van der Waals surface area contributed by atoms with Gasteiger partial charge in [0.25, 0.3) is 0 Å². The Hall–Kier alpha value is -2.68. The fourth-order valence-electron chi connectivity index (χ4n) is 2.87. The van der Waals surface area contributed by atoms with Crippen LogP contribution in [0.1, 0.15) is 0 Å². The van der Waals surface area contributed by atoms with Crippen LogP contribution in [-0.2, 0) is 20.8 Å². The van der Waals surface area contributed by atoms with Gasteiger partial charge in [0.05, 0.1) is 25.5 Å². The molecule has 1 N–H and O–H groups in total. The Kier molecular flexibility index (Phi) is 6.01. The lowest BCUT2D eigenvalue weighted by atomic mass is 10.2. The summed E-state index contributed by atoms with van der Waals surface area (Å²) in [6, 6.07) is 19.2. The number of benzene rings is 2. The maximum Gasteiger partial charge on any atom is 0.234 e. The first-order valence-electron chi connectivity index (χ1n) is 8.99. The molecule has 4 rings (SSSR count). The largest absolute Gasteiger partial charge is 0.348 e. The summed E-state index contributed by atoms with van der Waals surface area (Å²) in [5.41, 5.74) is 1.72. The molecular formula is C20H20N4O3S. The minimum absolute atomic E-state index is 0.0969. The van der Waals surface area contributed by atoms with Gasteiger partial charge >= 0.3 is 0 Å². The van der Waals surface area contributed by atoms with E-state index in [1.165, 1.54) is 11.8 Å². The summed E-state index contributed by atoms with van der Waals surface area (Å²) in [6.07, 6.45) is -0.337. The fraction of sp³-hybridized carbons (Fsp3) is 0.250. The van der Waals surface area contributed by atoms with Crippen LogP contribution in [0.3, 0.4) is 0 Å². The molecule has 144 valence electrons. The van der Waals surface area contributed by atoms with Gasteiger partial charge in [-0.25, -0.2) is 0 Å². The van der Waals surface area contributed by atoms with Crippen molar-refractivity contribution in [1.82, 2.24) is 14.8 Å². The number of anilines is 1. The quantitative estimate of drug-likeness (QED) is 0.619. The summed E-state index contributed by atoms with van der Waals surface area (Å²) in [7, 11) is 0. The Bertz CT molecular complexity index is 912. The molecule has 3 aromatic rings. The zero-order chi connectivity index (χ0) is 19.2. The lowest BCUT2D eigenvalue weighted by Crippen LogP contribution is -2.19. The van der Waals surface area contributed by atoms with Gasteiger partial charge in [0.1, 0.15) is 0 Å². The average molecular weight is 396 g/mol. The number of thioether (sulfide) groups is 1. The topological polar surface area (TPSA) is 78.3 Å². The van der Waals surface area contributed by atoms with Crippen molar-refractivity contribution in [3.05, 3.63) is 60.7 Å². The van der Waals surface area contributed by atoms with Crippen LogP contribution in [0.25, 0.3) is 11.4 Å². The van der Waals surface area contributed by atoms with Crippen LogP contribution in [0, 0.1) is 0 Å². The SMILES string of the molecule is O=C(CSc1nnc(-c2ccccc2)n1CC1OCCO1)Nc1ccccc1. The van der Waals surface area contributed by atoms with E-state index in [1.807, 2.05) is 65.2 Å². The van der Waals surface area contributed by atoms with E-state index in [0.717, 1.165) is 17.1 Å². The Morgan fingerprint density at radius 3 is 2.43 bits per heavy atom. The summed E-state index contributed by atoms with van der Waals surface area (Å²) in [6.45, 7) is 1.63. The van der Waals surface area contributed by atoms with Crippen molar-refractivity contribution in [2.24, 2.45) is 0 Å². The number of para-hydroxylation sites is 1. The first kappa shape index (κ1) is 18.7. The molecule has 2 heterocycles. The number of aromatic nitrogens is 3. The predicted molar refractivity (Wildman–Crippen MR) is 107 cm³/mol. The molecule has 0 atom stereocenters.